The predicted octanol–water partition coefficient (Wildman–Crippen LogP) is 3.08. The van der Waals surface area contributed by atoms with E-state index in [0.29, 0.717) is 17.7 Å². The number of amides is 1. The summed E-state index contributed by atoms with van der Waals surface area (Å²) >= 11 is 0.889. The molecule has 0 saturated heterocycles. The first-order valence-corrected chi connectivity index (χ1v) is 7.44. The van der Waals surface area contributed by atoms with Gasteiger partial charge in [-0.15, -0.1) is 11.3 Å². The van der Waals surface area contributed by atoms with Gasteiger partial charge in [0.15, 0.2) is 5.69 Å². The molecule has 0 aliphatic heterocycles. The van der Waals surface area contributed by atoms with Gasteiger partial charge in [-0.3, -0.25) is 9.48 Å². The summed E-state index contributed by atoms with van der Waals surface area (Å²) < 4.78 is 39.3. The Morgan fingerprint density at radius 2 is 2.18 bits per heavy atom. The van der Waals surface area contributed by atoms with Gasteiger partial charge in [-0.05, 0) is 13.3 Å². The van der Waals surface area contributed by atoms with Gasteiger partial charge in [0.2, 0.25) is 0 Å². The summed E-state index contributed by atoms with van der Waals surface area (Å²) in [6.07, 6.45) is -2.47. The molecule has 0 aliphatic rings. The van der Waals surface area contributed by atoms with Gasteiger partial charge < -0.3 is 5.32 Å². The second-order valence-corrected chi connectivity index (χ2v) is 5.69. The fourth-order valence-corrected chi connectivity index (χ4v) is 2.93. The third kappa shape index (κ3) is 3.46. The Bertz CT molecular complexity index is 677. The van der Waals surface area contributed by atoms with Crippen LogP contribution in [0.25, 0.3) is 0 Å². The van der Waals surface area contributed by atoms with E-state index in [9.17, 15) is 18.0 Å². The van der Waals surface area contributed by atoms with Crippen LogP contribution < -0.4 is 5.32 Å². The van der Waals surface area contributed by atoms with Gasteiger partial charge in [-0.2, -0.15) is 18.3 Å². The number of carbonyl (C=O) groups excluding carboxylic acids is 1. The quantitative estimate of drug-likeness (QED) is 0.936. The number of halogens is 3. The molecule has 2 rings (SSSR count). The molecule has 2 heterocycles. The maximum Gasteiger partial charge on any atom is 0.434 e. The summed E-state index contributed by atoms with van der Waals surface area (Å²) in [5.41, 5.74) is 0.0243. The van der Waals surface area contributed by atoms with Gasteiger partial charge in [0.05, 0.1) is 17.3 Å². The third-order valence-electron chi connectivity index (χ3n) is 3.08. The lowest BCUT2D eigenvalue weighted by molar-refractivity contribution is -0.140. The number of nitrogens with one attached hydrogen (secondary N) is 1. The molecular weight excluding hydrogens is 317 g/mol. The number of aromatic nitrogens is 3. The van der Waals surface area contributed by atoms with E-state index in [4.69, 9.17) is 0 Å². The van der Waals surface area contributed by atoms with Crippen LogP contribution in [-0.2, 0) is 13.2 Å². The molecule has 0 unspecified atom stereocenters. The minimum atomic E-state index is -4.48. The number of nitrogens with zero attached hydrogens (tertiary/aromatic N) is 3. The fraction of sp³-hybridized carbons (Fsp3) is 0.462. The van der Waals surface area contributed by atoms with Crippen molar-refractivity contribution in [3.8, 4) is 0 Å². The van der Waals surface area contributed by atoms with Crippen LogP contribution in [0.5, 0.6) is 0 Å². The predicted molar refractivity (Wildman–Crippen MR) is 75.6 cm³/mol. The second kappa shape index (κ2) is 6.07. The molecule has 0 aliphatic carbocycles. The Balaban J connectivity index is 2.17. The number of alkyl halides is 3. The van der Waals surface area contributed by atoms with Gasteiger partial charge in [-0.1, -0.05) is 6.92 Å². The number of rotatable bonds is 4. The first-order chi connectivity index (χ1) is 10.2. The Kier molecular flexibility index (Phi) is 4.55. The van der Waals surface area contributed by atoms with Crippen molar-refractivity contribution in [1.29, 1.82) is 0 Å². The molecule has 22 heavy (non-hydrogen) atoms. The summed E-state index contributed by atoms with van der Waals surface area (Å²) in [5.74, 6) is -0.374. The van der Waals surface area contributed by atoms with Crippen molar-refractivity contribution < 1.29 is 18.0 Å². The fourth-order valence-electron chi connectivity index (χ4n) is 1.97. The molecule has 1 N–H and O–H groups in total. The average Bonchev–Trinajstić information content (AvgIpc) is 3.02. The van der Waals surface area contributed by atoms with E-state index in [0.717, 1.165) is 16.7 Å². The zero-order chi connectivity index (χ0) is 16.5. The first-order valence-electron chi connectivity index (χ1n) is 6.56. The molecule has 1 atom stereocenters. The second-order valence-electron chi connectivity index (χ2n) is 4.80. The summed E-state index contributed by atoms with van der Waals surface area (Å²) in [4.78, 5) is 15.8. The van der Waals surface area contributed by atoms with E-state index in [1.54, 1.807) is 27.1 Å². The smallest absolute Gasteiger partial charge is 0.343 e. The molecule has 120 valence electrons. The van der Waals surface area contributed by atoms with Crippen LogP contribution in [0, 0.1) is 6.92 Å². The number of hydrogen-bond acceptors (Lipinski definition) is 4. The molecule has 0 spiro atoms. The molecule has 2 aromatic heterocycles. The van der Waals surface area contributed by atoms with Crippen LogP contribution in [0.1, 0.15) is 46.1 Å². The number of thiazole rings is 1. The average molecular weight is 332 g/mol. The minimum Gasteiger partial charge on any atom is -0.343 e. The van der Waals surface area contributed by atoms with Gasteiger partial charge in [-0.25, -0.2) is 4.98 Å². The van der Waals surface area contributed by atoms with Crippen molar-refractivity contribution in [3.63, 3.8) is 0 Å². The summed E-state index contributed by atoms with van der Waals surface area (Å²) in [6, 6.07) is -0.562. The summed E-state index contributed by atoms with van der Waals surface area (Å²) in [6.45, 7) is 3.47. The molecule has 0 fully saturated rings. The highest BCUT2D eigenvalue weighted by Gasteiger charge is 2.34. The maximum atomic E-state index is 12.6. The Morgan fingerprint density at radius 1 is 1.50 bits per heavy atom. The van der Waals surface area contributed by atoms with Crippen molar-refractivity contribution >= 4 is 17.2 Å². The van der Waals surface area contributed by atoms with Crippen LogP contribution in [-0.4, -0.2) is 20.7 Å². The largest absolute Gasteiger partial charge is 0.434 e. The lowest BCUT2D eigenvalue weighted by Crippen LogP contribution is -2.28. The normalized spacial score (nSPS) is 13.2. The highest BCUT2D eigenvalue weighted by atomic mass is 32.1. The minimum absolute atomic E-state index is 0.240. The van der Waals surface area contributed by atoms with Gasteiger partial charge in [0, 0.05) is 18.6 Å². The molecule has 0 aromatic carbocycles. The standard InChI is InChI=1S/C13H15F3N4OS/c1-4-9(12-18-10(6-22-12)13(14,15)16)17-11(21)8-5-20(3)19-7(8)2/h5-6,9H,4H2,1-3H3,(H,17,21)/t9-/m0/s1. The molecule has 2 aromatic rings. The van der Waals surface area contributed by atoms with E-state index in [1.165, 1.54) is 4.68 Å². The molecule has 9 heteroatoms. The third-order valence-corrected chi connectivity index (χ3v) is 4.04. The van der Waals surface area contributed by atoms with Gasteiger partial charge in [0.1, 0.15) is 5.01 Å². The molecule has 5 nitrogen and oxygen atoms in total. The highest BCUT2D eigenvalue weighted by molar-refractivity contribution is 7.09. The van der Waals surface area contributed by atoms with Crippen molar-refractivity contribution in [2.45, 2.75) is 32.5 Å². The number of hydrogen-bond donors (Lipinski definition) is 1. The summed E-state index contributed by atoms with van der Waals surface area (Å²) in [7, 11) is 1.69. The van der Waals surface area contributed by atoms with E-state index in [-0.39, 0.29) is 10.9 Å². The monoisotopic (exact) mass is 332 g/mol. The zero-order valence-electron chi connectivity index (χ0n) is 12.2. The van der Waals surface area contributed by atoms with E-state index in [2.05, 4.69) is 15.4 Å². The highest BCUT2D eigenvalue weighted by Crippen LogP contribution is 2.32. The van der Waals surface area contributed by atoms with Gasteiger partial charge >= 0.3 is 6.18 Å². The maximum absolute atomic E-state index is 12.6. The Hall–Kier alpha value is -1.90. The lowest BCUT2D eigenvalue weighted by Gasteiger charge is -2.14. The number of carbonyl (C=O) groups is 1. The van der Waals surface area contributed by atoms with Crippen LogP contribution >= 0.6 is 11.3 Å². The molecular formula is C13H15F3N4OS. The van der Waals surface area contributed by atoms with Crippen LogP contribution in [0.4, 0.5) is 13.2 Å². The zero-order valence-corrected chi connectivity index (χ0v) is 13.0. The van der Waals surface area contributed by atoms with Crippen LogP contribution in [0.15, 0.2) is 11.6 Å². The SMILES string of the molecule is CC[C@H](NC(=O)c1cn(C)nc1C)c1nc(C(F)(F)F)cs1. The number of aryl methyl sites for hydroxylation is 2. The topological polar surface area (TPSA) is 59.8 Å². The van der Waals surface area contributed by atoms with E-state index in [1.807, 2.05) is 0 Å². The molecule has 0 radical (unpaired) electrons. The molecule has 1 amide bonds. The Labute approximate surface area is 129 Å². The van der Waals surface area contributed by atoms with Crippen molar-refractivity contribution in [2.24, 2.45) is 7.05 Å². The van der Waals surface area contributed by atoms with Crippen LogP contribution in [0.2, 0.25) is 0 Å². The molecule has 0 bridgehead atoms. The van der Waals surface area contributed by atoms with Crippen molar-refractivity contribution in [2.75, 3.05) is 0 Å². The van der Waals surface area contributed by atoms with Gasteiger partial charge in [0.25, 0.3) is 5.91 Å². The van der Waals surface area contributed by atoms with E-state index >= 15 is 0 Å². The Morgan fingerprint density at radius 3 is 2.64 bits per heavy atom. The first kappa shape index (κ1) is 16.5. The summed E-state index contributed by atoms with van der Waals surface area (Å²) in [5, 5.41) is 7.97. The van der Waals surface area contributed by atoms with Crippen LogP contribution in [0.3, 0.4) is 0 Å². The van der Waals surface area contributed by atoms with Crippen molar-refractivity contribution in [1.82, 2.24) is 20.1 Å². The molecule has 0 saturated carbocycles. The lowest BCUT2D eigenvalue weighted by atomic mass is 10.2. The van der Waals surface area contributed by atoms with Crippen molar-refractivity contribution in [3.05, 3.63) is 33.5 Å². The van der Waals surface area contributed by atoms with E-state index < -0.39 is 17.9 Å².